The molecule has 0 radical (unpaired) electrons. The zero-order valence-electron chi connectivity index (χ0n) is 17.6. The molecule has 172 valence electrons. The highest BCUT2D eigenvalue weighted by Crippen LogP contribution is 2.31. The molecule has 2 aliphatic rings. The monoisotopic (exact) mass is 565 g/mol. The molecule has 1 aliphatic heterocycles. The molecule has 1 amide bonds. The predicted octanol–water partition coefficient (Wildman–Crippen LogP) is 4.98. The number of carbonyl (C=O) groups is 1. The van der Waals surface area contributed by atoms with Gasteiger partial charge < -0.3 is 19.7 Å². The van der Waals surface area contributed by atoms with Crippen molar-refractivity contribution in [2.24, 2.45) is 0 Å². The minimum atomic E-state index is -3.20. The van der Waals surface area contributed by atoms with Crippen molar-refractivity contribution in [2.75, 3.05) is 18.5 Å². The van der Waals surface area contributed by atoms with Gasteiger partial charge in [-0.3, -0.25) is 9.78 Å². The van der Waals surface area contributed by atoms with E-state index in [1.54, 1.807) is 29.3 Å². The van der Waals surface area contributed by atoms with Crippen LogP contribution in [0, 0.1) is 0 Å². The first-order chi connectivity index (χ1) is 15.9. The first kappa shape index (κ1) is 23.1. The van der Waals surface area contributed by atoms with Gasteiger partial charge in [-0.2, -0.15) is 8.78 Å². The molecule has 9 heteroatoms. The Hall–Kier alpha value is -3.08. The predicted molar refractivity (Wildman–Crippen MR) is 131 cm³/mol. The van der Waals surface area contributed by atoms with Gasteiger partial charge in [0.05, 0.1) is 24.4 Å². The van der Waals surface area contributed by atoms with Crippen LogP contribution in [0.1, 0.15) is 12.1 Å². The Labute approximate surface area is 200 Å². The Balaban J connectivity index is 1.50. The molecule has 2 aromatic rings. The van der Waals surface area contributed by atoms with E-state index in [9.17, 15) is 13.6 Å². The smallest absolute Gasteiger partial charge is 0.445 e. The van der Waals surface area contributed by atoms with E-state index in [1.165, 1.54) is 12.1 Å². The van der Waals surface area contributed by atoms with E-state index in [-0.39, 0.29) is 11.7 Å². The van der Waals surface area contributed by atoms with Crippen molar-refractivity contribution in [3.8, 4) is 5.75 Å². The summed E-state index contributed by atoms with van der Waals surface area (Å²) < 4.78 is 37.5. The summed E-state index contributed by atoms with van der Waals surface area (Å²) in [6, 6.07) is 11.8. The first-order valence-electron chi connectivity index (χ1n) is 10.2. The van der Waals surface area contributed by atoms with Crippen molar-refractivity contribution in [3.63, 3.8) is 0 Å². The van der Waals surface area contributed by atoms with Gasteiger partial charge in [-0.25, -0.2) is 0 Å². The Morgan fingerprint density at radius 2 is 2.03 bits per heavy atom. The van der Waals surface area contributed by atoms with Crippen molar-refractivity contribution in [1.29, 1.82) is 0 Å². The second-order valence-corrected chi connectivity index (χ2v) is 9.27. The van der Waals surface area contributed by atoms with Gasteiger partial charge in [0.15, 0.2) is 0 Å². The minimum Gasteiger partial charge on any atom is -0.491 e. The molecule has 0 saturated carbocycles. The maximum Gasteiger partial charge on any atom is 0.445 e. The van der Waals surface area contributed by atoms with Gasteiger partial charge >= 0.3 is 4.12 Å². The summed E-state index contributed by atoms with van der Waals surface area (Å²) in [5.41, 5.74) is 2.64. The van der Waals surface area contributed by atoms with Crippen LogP contribution in [0.25, 0.3) is 0 Å². The molecular weight excluding hydrogens is 543 g/mol. The van der Waals surface area contributed by atoms with Gasteiger partial charge in [-0.05, 0) is 55.0 Å². The van der Waals surface area contributed by atoms with Crippen LogP contribution in [-0.2, 0) is 16.1 Å². The molecule has 1 saturated heterocycles. The molecule has 33 heavy (non-hydrogen) atoms. The lowest BCUT2D eigenvalue weighted by Crippen LogP contribution is -2.32. The number of pyridine rings is 1. The third-order valence-corrected chi connectivity index (χ3v) is 6.06. The second-order valence-electron chi connectivity index (χ2n) is 7.25. The average Bonchev–Trinajstić information content (AvgIpc) is 3.09. The van der Waals surface area contributed by atoms with Gasteiger partial charge in [-0.15, -0.1) is 0 Å². The maximum absolute atomic E-state index is 13.4. The number of aromatic nitrogens is 1. The lowest BCUT2D eigenvalue weighted by atomic mass is 10.1. The number of benzene rings is 1. The van der Waals surface area contributed by atoms with Crippen molar-refractivity contribution in [2.45, 2.75) is 17.1 Å². The number of alkyl halides is 3. The van der Waals surface area contributed by atoms with Crippen molar-refractivity contribution in [3.05, 3.63) is 89.6 Å². The second kappa shape index (κ2) is 10.2. The van der Waals surface area contributed by atoms with Gasteiger partial charge in [0.1, 0.15) is 18.1 Å². The number of rotatable bonds is 7. The number of fused-ring (bicyclic) bond motifs is 1. The Morgan fingerprint density at radius 3 is 2.76 bits per heavy atom. The molecule has 1 aromatic heterocycles. The third-order valence-electron chi connectivity index (χ3n) is 4.95. The fourth-order valence-electron chi connectivity index (χ4n) is 3.39. The first-order valence-corrected chi connectivity index (χ1v) is 12.8. The van der Waals surface area contributed by atoms with Crippen LogP contribution in [0.5, 0.6) is 5.75 Å². The fourth-order valence-corrected chi connectivity index (χ4v) is 3.80. The summed E-state index contributed by atoms with van der Waals surface area (Å²) in [7, 11) is 0. The van der Waals surface area contributed by atoms with Crippen LogP contribution in [0.15, 0.2) is 83.9 Å². The quantitative estimate of drug-likeness (QED) is 0.379. The Bertz CT molecular complexity index is 1120. The van der Waals surface area contributed by atoms with E-state index in [0.29, 0.717) is 48.8 Å². The zero-order chi connectivity index (χ0) is 23.3. The molecule has 0 bridgehead atoms. The van der Waals surface area contributed by atoms with Gasteiger partial charge in [0, 0.05) is 38.3 Å². The molecule has 1 N–H and O–H groups in total. The van der Waals surface area contributed by atoms with E-state index in [4.69, 9.17) is 9.47 Å². The number of nitrogens with one attached hydrogen (secondary N) is 1. The number of hydrogen-bond donors (Lipinski definition) is 1. The average molecular weight is 565 g/mol. The summed E-state index contributed by atoms with van der Waals surface area (Å²) >= 11 is -1.62. The standard InChI is InChI=1S/C24H22F2IN3O3/c1-27-24(25,26)33-20-10-8-17(9-11-20)29-18-6-4-7-22-21(15-18)23(31)30(13-14-32-22)16-19-5-2-3-12-28-19/h2-3,5-12,15,29H,1,4,13-14,16H2. The van der Waals surface area contributed by atoms with Crippen molar-refractivity contribution in [1.82, 2.24) is 9.88 Å². The van der Waals surface area contributed by atoms with Crippen LogP contribution in [0.3, 0.4) is 0 Å². The van der Waals surface area contributed by atoms with Crippen LogP contribution >= 0.6 is 20.7 Å². The number of amides is 1. The molecule has 2 heterocycles. The minimum absolute atomic E-state index is 0.0727. The molecule has 0 atom stereocenters. The summed E-state index contributed by atoms with van der Waals surface area (Å²) in [6.07, 6.45) is 7.84. The van der Waals surface area contributed by atoms with E-state index in [0.717, 1.165) is 5.69 Å². The number of ether oxygens (including phenoxy) is 2. The van der Waals surface area contributed by atoms with Crippen LogP contribution in [-0.4, -0.2) is 37.6 Å². The number of anilines is 1. The van der Waals surface area contributed by atoms with Crippen LogP contribution in [0.2, 0.25) is 0 Å². The van der Waals surface area contributed by atoms with E-state index >= 15 is 0 Å². The lowest BCUT2D eigenvalue weighted by Gasteiger charge is -2.19. The van der Waals surface area contributed by atoms with E-state index in [1.807, 2.05) is 30.4 Å². The molecular formula is C24H22F2IN3O3. The maximum atomic E-state index is 13.4. The topological polar surface area (TPSA) is 63.7 Å². The molecule has 1 aliphatic carbocycles. The molecule has 6 nitrogen and oxygen atoms in total. The summed E-state index contributed by atoms with van der Waals surface area (Å²) in [4.78, 5) is 19.3. The largest absolute Gasteiger partial charge is 0.491 e. The normalized spacial score (nSPS) is 16.4. The SMILES string of the molecule is C=IC(F)(F)Oc1ccc(NC2=CCC=C3OCCN(Cc4ccccn4)C(=O)C3=C2)cc1. The number of carbonyl (C=O) groups excluding carboxylic acids is 1. The molecule has 0 spiro atoms. The molecule has 0 unspecified atom stereocenters. The van der Waals surface area contributed by atoms with Crippen LogP contribution < -0.4 is 10.1 Å². The summed E-state index contributed by atoms with van der Waals surface area (Å²) in [6.45, 7) is 1.24. The highest BCUT2D eigenvalue weighted by Gasteiger charge is 2.28. The van der Waals surface area contributed by atoms with Gasteiger partial charge in [0.25, 0.3) is 5.91 Å². The Kier molecular flexibility index (Phi) is 7.17. The zero-order valence-corrected chi connectivity index (χ0v) is 19.8. The highest BCUT2D eigenvalue weighted by atomic mass is 127. The highest BCUT2D eigenvalue weighted by molar-refractivity contribution is 14.2. The fraction of sp³-hybridized carbons (Fsp3) is 0.208. The van der Waals surface area contributed by atoms with Gasteiger partial charge in [-0.1, -0.05) is 16.7 Å². The van der Waals surface area contributed by atoms with E-state index < -0.39 is 24.8 Å². The number of nitrogens with zero attached hydrogens (tertiary/aromatic N) is 2. The number of hydrogen-bond acceptors (Lipinski definition) is 5. The van der Waals surface area contributed by atoms with Crippen molar-refractivity contribution >= 4 is 36.8 Å². The molecule has 4 rings (SSSR count). The summed E-state index contributed by atoms with van der Waals surface area (Å²) in [5.74, 6) is 0.490. The summed E-state index contributed by atoms with van der Waals surface area (Å²) in [5, 5.41) is 3.23. The van der Waals surface area contributed by atoms with Crippen LogP contribution in [0.4, 0.5) is 14.5 Å². The van der Waals surface area contributed by atoms with E-state index in [2.05, 4.69) is 14.8 Å². The number of halogens is 3. The Morgan fingerprint density at radius 1 is 1.21 bits per heavy atom. The van der Waals surface area contributed by atoms with Gasteiger partial charge in [0.2, 0.25) is 0 Å². The third kappa shape index (κ3) is 6.04. The van der Waals surface area contributed by atoms with Crippen molar-refractivity contribution < 1.29 is 23.0 Å². The molecule has 1 fully saturated rings. The molecule has 1 aromatic carbocycles. The number of allylic oxidation sites excluding steroid dienone is 3. The lowest BCUT2D eigenvalue weighted by molar-refractivity contribution is -0.127.